The average molecular weight is 954 g/mol. The van der Waals surface area contributed by atoms with Gasteiger partial charge in [-0.05, 0) is 90.1 Å². The van der Waals surface area contributed by atoms with Gasteiger partial charge in [0.2, 0.25) is 17.7 Å². The molecule has 20 heteroatoms. The minimum atomic E-state index is -0.913. The van der Waals surface area contributed by atoms with Crippen molar-refractivity contribution in [1.82, 2.24) is 49.8 Å². The number of aromatic nitrogens is 8. The molecule has 0 spiro atoms. The van der Waals surface area contributed by atoms with E-state index >= 15 is 0 Å². The molecule has 0 saturated heterocycles. The lowest BCUT2D eigenvalue weighted by molar-refractivity contribution is -0.125. The zero-order chi connectivity index (χ0) is 49.8. The molecule has 0 aliphatic carbocycles. The second kappa shape index (κ2) is 18.3. The van der Waals surface area contributed by atoms with Gasteiger partial charge in [0.1, 0.15) is 29.6 Å². The minimum Gasteiger partial charge on any atom is -0.496 e. The summed E-state index contributed by atoms with van der Waals surface area (Å²) in [6.45, 7) is 10.7. The summed E-state index contributed by atoms with van der Waals surface area (Å²) in [5.41, 5.74) is 8.46. The molecule has 0 radical (unpaired) electrons. The van der Waals surface area contributed by atoms with E-state index in [4.69, 9.17) is 28.5 Å². The molecule has 1 aliphatic rings. The first-order valence-corrected chi connectivity index (χ1v) is 23.0. The number of rotatable bonds is 14. The Balaban J connectivity index is 0.924. The van der Waals surface area contributed by atoms with Crippen molar-refractivity contribution in [3.8, 4) is 33.8 Å². The Kier molecular flexibility index (Phi) is 11.9. The van der Waals surface area contributed by atoms with Crippen molar-refractivity contribution >= 4 is 63.8 Å². The molecular formula is C51H48BN11O8. The number of hydrogen-bond acceptors (Lipinski definition) is 14. The highest BCUT2D eigenvalue weighted by Crippen LogP contribution is 2.49. The fraction of sp³-hybridized carbons (Fsp3) is 0.255. The molecule has 2 N–H and O–H groups in total. The average Bonchev–Trinajstić information content (AvgIpc) is 4.08. The maximum absolute atomic E-state index is 14.6. The Hall–Kier alpha value is -8.68. The first kappa shape index (κ1) is 46.1. The molecule has 0 saturated carbocycles. The highest BCUT2D eigenvalue weighted by Gasteiger charge is 2.43. The number of benzene rings is 2. The van der Waals surface area contributed by atoms with Crippen molar-refractivity contribution in [3.63, 3.8) is 0 Å². The van der Waals surface area contributed by atoms with E-state index in [1.165, 1.54) is 4.57 Å². The fourth-order valence-electron chi connectivity index (χ4n) is 9.90. The minimum absolute atomic E-state index is 0.243. The van der Waals surface area contributed by atoms with Crippen LogP contribution in [-0.4, -0.2) is 78.9 Å². The molecule has 3 atom stereocenters. The van der Waals surface area contributed by atoms with Crippen LogP contribution in [0.25, 0.3) is 55.1 Å². The first-order chi connectivity index (χ1) is 34.3. The van der Waals surface area contributed by atoms with E-state index < -0.39 is 42.1 Å². The van der Waals surface area contributed by atoms with Gasteiger partial charge in [-0.15, -0.1) is 0 Å². The Morgan fingerprint density at radius 1 is 0.732 bits per heavy atom. The number of ether oxygens (including phenoxy) is 2. The fourth-order valence-corrected chi connectivity index (χ4v) is 9.90. The molecule has 19 nitrogen and oxygen atoms in total. The van der Waals surface area contributed by atoms with Gasteiger partial charge in [-0.2, -0.15) is 0 Å². The summed E-state index contributed by atoms with van der Waals surface area (Å²) in [6.07, 6.45) is 6.29. The second-order valence-corrected chi connectivity index (χ2v) is 17.5. The molecular weight excluding hydrogens is 905 g/mol. The maximum Gasteiger partial charge on any atom is 0.355 e. The number of carbonyl (C=O) groups excluding carboxylic acids is 3. The van der Waals surface area contributed by atoms with Crippen molar-refractivity contribution in [2.75, 3.05) is 19.1 Å². The number of nitrogens with zero attached hydrogens (tertiary/aromatic N) is 9. The third-order valence-corrected chi connectivity index (χ3v) is 13.3. The summed E-state index contributed by atoms with van der Waals surface area (Å²) < 4.78 is 25.7. The summed E-state index contributed by atoms with van der Waals surface area (Å²) in [5, 5.41) is 15.0. The second-order valence-electron chi connectivity index (χ2n) is 17.5. The molecule has 2 aromatic carbocycles. The van der Waals surface area contributed by atoms with Gasteiger partial charge < -0.3 is 33.9 Å². The summed E-state index contributed by atoms with van der Waals surface area (Å²) in [6, 6.07) is 17.3. The van der Waals surface area contributed by atoms with Gasteiger partial charge in [-0.1, -0.05) is 22.4 Å². The van der Waals surface area contributed by atoms with Crippen molar-refractivity contribution in [2.45, 2.75) is 72.5 Å². The van der Waals surface area contributed by atoms with Crippen LogP contribution in [0.3, 0.4) is 0 Å². The molecule has 0 bridgehead atoms. The topological polar surface area (TPSA) is 228 Å². The zero-order valence-electron chi connectivity index (χ0n) is 40.2. The van der Waals surface area contributed by atoms with Gasteiger partial charge in [0.15, 0.2) is 0 Å². The standard InChI is InChI=1S/C51H48BN11O8/c1-25-46(29(5)70-59-25)34-17-39-32(19-42(34)68-7)48-36(22-55-39)31(50(66)62(48)27(3)37-13-9-11-15-53-37)21-44(64)57-52-58-45(65)24-61-41-23-56-40-18-35(47-26(2)60-71-30(47)6)43(69-8)20-33(40)49(41)63(51(61)67)28(4)38-14-10-12-16-54-38/h9-20,22-23,27-28,31,52H,21,24H2,1-8H3,(H,57,64)(H,58,65)/t27-,28-,31?/m1/s1. The number of anilines is 1. The number of hydrogen-bond donors (Lipinski definition) is 2. The molecule has 1 unspecified atom stereocenters. The van der Waals surface area contributed by atoms with E-state index in [0.29, 0.717) is 89.9 Å². The Labute approximate surface area is 406 Å². The highest BCUT2D eigenvalue weighted by molar-refractivity contribution is 6.38. The number of pyridine rings is 4. The van der Waals surface area contributed by atoms with E-state index in [9.17, 15) is 19.2 Å². The largest absolute Gasteiger partial charge is 0.496 e. The van der Waals surface area contributed by atoms with Gasteiger partial charge >= 0.3 is 13.2 Å². The third kappa shape index (κ3) is 7.90. The molecule has 9 aromatic rings. The monoisotopic (exact) mass is 953 g/mol. The third-order valence-electron chi connectivity index (χ3n) is 13.3. The lowest BCUT2D eigenvalue weighted by Crippen LogP contribution is -2.44. The number of amides is 3. The van der Waals surface area contributed by atoms with Crippen LogP contribution in [0.4, 0.5) is 5.69 Å². The summed E-state index contributed by atoms with van der Waals surface area (Å²) >= 11 is 0. The molecule has 7 aromatic heterocycles. The van der Waals surface area contributed by atoms with Gasteiger partial charge in [-0.25, -0.2) is 4.79 Å². The quantitative estimate of drug-likeness (QED) is 0.109. The van der Waals surface area contributed by atoms with Crippen LogP contribution in [0.5, 0.6) is 11.5 Å². The normalized spacial score (nSPS) is 14.2. The van der Waals surface area contributed by atoms with E-state index in [2.05, 4.69) is 30.7 Å². The number of fused-ring (bicyclic) bond motifs is 6. The maximum atomic E-state index is 14.6. The predicted octanol–water partition coefficient (Wildman–Crippen LogP) is 6.64. The van der Waals surface area contributed by atoms with Crippen molar-refractivity contribution < 1.29 is 32.9 Å². The van der Waals surface area contributed by atoms with E-state index in [1.807, 2.05) is 90.1 Å². The SMILES string of the molecule is COc1cc2c3c(cnc2cc1-c1c(C)noc1C)C(CC(=O)NBNC(=O)Cn1c(=O)n([C@H](C)c2ccccn2)c2c4cc(OC)c(-c5c(C)noc5C)cc4ncc21)C(=O)N3[C@H](C)c1ccccn1. The van der Waals surface area contributed by atoms with Crippen LogP contribution in [0.15, 0.2) is 99.3 Å². The van der Waals surface area contributed by atoms with Crippen molar-refractivity contribution in [1.29, 1.82) is 0 Å². The van der Waals surface area contributed by atoms with Crippen LogP contribution in [0.2, 0.25) is 0 Å². The molecule has 358 valence electrons. The molecule has 0 fully saturated rings. The number of carbonyl (C=O) groups is 3. The number of methoxy groups -OCH3 is 2. The smallest absolute Gasteiger partial charge is 0.355 e. The number of aryl methyl sites for hydroxylation is 4. The van der Waals surface area contributed by atoms with Crippen molar-refractivity contribution in [3.05, 3.63) is 136 Å². The van der Waals surface area contributed by atoms with Crippen LogP contribution in [0.1, 0.15) is 78.1 Å². The molecule has 71 heavy (non-hydrogen) atoms. The van der Waals surface area contributed by atoms with Gasteiger partial charge in [-0.3, -0.25) is 43.5 Å². The van der Waals surface area contributed by atoms with Gasteiger partial charge in [0.25, 0.3) is 0 Å². The first-order valence-electron chi connectivity index (χ1n) is 23.0. The van der Waals surface area contributed by atoms with Gasteiger partial charge in [0, 0.05) is 52.5 Å². The number of imidazole rings is 1. The van der Waals surface area contributed by atoms with E-state index in [0.717, 1.165) is 22.3 Å². The van der Waals surface area contributed by atoms with Gasteiger partial charge in [0.05, 0.1) is 100 Å². The van der Waals surface area contributed by atoms with Crippen LogP contribution < -0.4 is 30.5 Å². The highest BCUT2D eigenvalue weighted by atomic mass is 16.5. The Bertz CT molecular complexity index is 3610. The van der Waals surface area contributed by atoms with Crippen LogP contribution >= 0.6 is 0 Å². The predicted molar refractivity (Wildman–Crippen MR) is 265 cm³/mol. The molecule has 8 heterocycles. The summed E-state index contributed by atoms with van der Waals surface area (Å²) in [7, 11) is 2.85. The lowest BCUT2D eigenvalue weighted by atomic mass is 9.95. The number of nitrogens with one attached hydrogen (secondary N) is 2. The summed E-state index contributed by atoms with van der Waals surface area (Å²) in [5.74, 6) is 0.00120. The Morgan fingerprint density at radius 2 is 1.30 bits per heavy atom. The van der Waals surface area contributed by atoms with Crippen LogP contribution in [0, 0.1) is 27.7 Å². The molecule has 3 amide bonds. The Morgan fingerprint density at radius 3 is 1.86 bits per heavy atom. The zero-order valence-corrected chi connectivity index (χ0v) is 40.2. The van der Waals surface area contributed by atoms with Crippen LogP contribution in [-0.2, 0) is 20.9 Å². The summed E-state index contributed by atoms with van der Waals surface area (Å²) in [4.78, 5) is 77.2. The molecule has 1 aliphatic heterocycles. The lowest BCUT2D eigenvalue weighted by Gasteiger charge is -2.26. The van der Waals surface area contributed by atoms with E-state index in [-0.39, 0.29) is 19.9 Å². The van der Waals surface area contributed by atoms with E-state index in [1.54, 1.807) is 60.6 Å². The van der Waals surface area contributed by atoms with Crippen molar-refractivity contribution in [2.24, 2.45) is 0 Å². The molecule has 10 rings (SSSR count).